The van der Waals surface area contributed by atoms with E-state index < -0.39 is 0 Å². The average molecular weight is 595 g/mol. The number of hydrogen-bond donors (Lipinski definition) is 1. The molecule has 0 saturated heterocycles. The molecule has 41 heavy (non-hydrogen) atoms. The predicted molar refractivity (Wildman–Crippen MR) is 164 cm³/mol. The third-order valence-electron chi connectivity index (χ3n) is 6.46. The molecule has 0 aliphatic rings. The van der Waals surface area contributed by atoms with Crippen molar-refractivity contribution in [3.05, 3.63) is 0 Å². The lowest BCUT2D eigenvalue weighted by molar-refractivity contribution is -0.0689. The van der Waals surface area contributed by atoms with E-state index in [1.165, 1.54) is 70.6 Å². The Morgan fingerprint density at radius 2 is 0.780 bits per heavy atom. The molecule has 0 radical (unpaired) electrons. The number of rotatable bonds is 36. The Labute approximate surface area is 252 Å². The second-order valence-electron chi connectivity index (χ2n) is 10.6. The van der Waals surface area contributed by atoms with Crippen molar-refractivity contribution in [3.8, 4) is 0 Å². The Kier molecular flexibility index (Phi) is 35.5. The minimum absolute atomic E-state index is 0.0165. The van der Waals surface area contributed by atoms with Gasteiger partial charge in [-0.15, -0.1) is 0 Å². The van der Waals surface area contributed by atoms with E-state index in [1.807, 2.05) is 6.92 Å². The van der Waals surface area contributed by atoms with Crippen LogP contribution in [0.2, 0.25) is 0 Å². The van der Waals surface area contributed by atoms with Crippen molar-refractivity contribution in [1.82, 2.24) is 0 Å². The lowest BCUT2D eigenvalue weighted by Crippen LogP contribution is -2.24. The van der Waals surface area contributed by atoms with Crippen LogP contribution in [0, 0.1) is 0 Å². The normalized spacial score (nSPS) is 13.2. The maximum Gasteiger partial charge on any atom is 0.0781 e. The van der Waals surface area contributed by atoms with Crippen LogP contribution in [-0.4, -0.2) is 116 Å². The Bertz CT molecular complexity index is 470. The van der Waals surface area contributed by atoms with Gasteiger partial charge >= 0.3 is 0 Å². The smallest absolute Gasteiger partial charge is 0.0781 e. The first-order valence-corrected chi connectivity index (χ1v) is 16.5. The van der Waals surface area contributed by atoms with Gasteiger partial charge in [0.25, 0.3) is 0 Å². The van der Waals surface area contributed by atoms with E-state index >= 15 is 0 Å². The molecule has 9 heteroatoms. The summed E-state index contributed by atoms with van der Waals surface area (Å²) in [5.74, 6) is 0. The largest absolute Gasteiger partial charge is 0.394 e. The molecule has 0 aromatic carbocycles. The first-order chi connectivity index (χ1) is 20.2. The van der Waals surface area contributed by atoms with E-state index in [0.29, 0.717) is 85.9 Å². The molecule has 0 aliphatic heterocycles. The van der Waals surface area contributed by atoms with Crippen LogP contribution in [0.15, 0.2) is 0 Å². The molecule has 248 valence electrons. The van der Waals surface area contributed by atoms with Crippen molar-refractivity contribution >= 4 is 0 Å². The summed E-state index contributed by atoms with van der Waals surface area (Å²) in [4.78, 5) is 0. The quantitative estimate of drug-likeness (QED) is 0.0932. The van der Waals surface area contributed by atoms with E-state index in [4.69, 9.17) is 43.0 Å². The molecular formula is C32H66O9. The molecule has 0 amide bonds. The number of aliphatic hydroxyl groups excluding tert-OH is 1. The van der Waals surface area contributed by atoms with Gasteiger partial charge < -0.3 is 43.0 Å². The highest BCUT2D eigenvalue weighted by Gasteiger charge is 2.07. The summed E-state index contributed by atoms with van der Waals surface area (Å²) in [6.07, 6.45) is 16.4. The Hall–Kier alpha value is -0.360. The van der Waals surface area contributed by atoms with Crippen LogP contribution in [0.4, 0.5) is 0 Å². The molecule has 0 aromatic rings. The molecule has 2 unspecified atom stereocenters. The molecule has 0 fully saturated rings. The topological polar surface area (TPSA) is 94.1 Å². The Balaban J connectivity index is 3.25. The van der Waals surface area contributed by atoms with Crippen molar-refractivity contribution in [1.29, 1.82) is 0 Å². The zero-order valence-electron chi connectivity index (χ0n) is 27.0. The summed E-state index contributed by atoms with van der Waals surface area (Å²) >= 11 is 0. The Morgan fingerprint density at radius 3 is 1.24 bits per heavy atom. The molecule has 0 saturated carbocycles. The van der Waals surface area contributed by atoms with Gasteiger partial charge in [0.15, 0.2) is 0 Å². The Morgan fingerprint density at radius 1 is 0.390 bits per heavy atom. The second-order valence-corrected chi connectivity index (χ2v) is 10.6. The third-order valence-corrected chi connectivity index (χ3v) is 6.46. The summed E-state index contributed by atoms with van der Waals surface area (Å²) in [5, 5.41) is 8.59. The fraction of sp³-hybridized carbons (Fsp3) is 1.00. The first-order valence-electron chi connectivity index (χ1n) is 16.5. The lowest BCUT2D eigenvalue weighted by Gasteiger charge is -2.18. The molecule has 0 aliphatic carbocycles. The predicted octanol–water partition coefficient (Wildman–Crippen LogP) is 5.59. The molecule has 0 heterocycles. The van der Waals surface area contributed by atoms with E-state index in [-0.39, 0.29) is 18.8 Å². The van der Waals surface area contributed by atoms with Gasteiger partial charge in [0.1, 0.15) is 0 Å². The van der Waals surface area contributed by atoms with Crippen LogP contribution in [0.5, 0.6) is 0 Å². The fourth-order valence-electron chi connectivity index (χ4n) is 4.04. The maximum atomic E-state index is 8.59. The van der Waals surface area contributed by atoms with Crippen LogP contribution in [0.1, 0.15) is 97.8 Å². The second kappa shape index (κ2) is 35.8. The summed E-state index contributed by atoms with van der Waals surface area (Å²) < 4.78 is 44.3. The fourth-order valence-corrected chi connectivity index (χ4v) is 4.04. The van der Waals surface area contributed by atoms with Gasteiger partial charge in [0.05, 0.1) is 105 Å². The molecule has 0 aromatic heterocycles. The van der Waals surface area contributed by atoms with Crippen molar-refractivity contribution in [3.63, 3.8) is 0 Å². The highest BCUT2D eigenvalue weighted by Crippen LogP contribution is 2.12. The SMILES string of the molecule is CCCCCCCCCCCCCCOCC(C)OCC(C)OCCOCCOCCOCCOCCOCCO. The zero-order chi connectivity index (χ0) is 29.9. The molecule has 0 bridgehead atoms. The van der Waals surface area contributed by atoms with Crippen LogP contribution >= 0.6 is 0 Å². The van der Waals surface area contributed by atoms with Crippen LogP contribution in [-0.2, 0) is 37.9 Å². The van der Waals surface area contributed by atoms with Gasteiger partial charge in [-0.2, -0.15) is 0 Å². The zero-order valence-corrected chi connectivity index (χ0v) is 27.0. The molecule has 9 nitrogen and oxygen atoms in total. The van der Waals surface area contributed by atoms with Gasteiger partial charge in [-0.1, -0.05) is 77.6 Å². The monoisotopic (exact) mass is 594 g/mol. The molecule has 1 N–H and O–H groups in total. The first kappa shape index (κ1) is 40.6. The summed E-state index contributed by atoms with van der Waals surface area (Å²) in [6, 6.07) is 0. The maximum absolute atomic E-state index is 8.59. The van der Waals surface area contributed by atoms with E-state index in [2.05, 4.69) is 13.8 Å². The minimum atomic E-state index is 0.0165. The van der Waals surface area contributed by atoms with Crippen molar-refractivity contribution in [2.75, 3.05) is 99.1 Å². The van der Waals surface area contributed by atoms with Crippen molar-refractivity contribution in [2.24, 2.45) is 0 Å². The number of ether oxygens (including phenoxy) is 8. The van der Waals surface area contributed by atoms with Gasteiger partial charge in [0, 0.05) is 6.61 Å². The van der Waals surface area contributed by atoms with E-state index in [1.54, 1.807) is 0 Å². The van der Waals surface area contributed by atoms with Gasteiger partial charge in [-0.25, -0.2) is 0 Å². The highest BCUT2D eigenvalue weighted by atomic mass is 16.6. The summed E-state index contributed by atoms with van der Waals surface area (Å²) in [6.45, 7) is 13.9. The molecular weight excluding hydrogens is 528 g/mol. The standard InChI is InChI=1S/C32H66O9/c1-4-5-6-7-8-9-10-11-12-13-14-15-17-39-29-31(2)41-30-32(3)40-28-27-38-26-25-37-24-23-36-22-21-35-20-19-34-18-16-33/h31-33H,4-30H2,1-3H3. The average Bonchev–Trinajstić information content (AvgIpc) is 2.97. The van der Waals surface area contributed by atoms with Crippen LogP contribution < -0.4 is 0 Å². The summed E-state index contributed by atoms with van der Waals surface area (Å²) in [5.41, 5.74) is 0. The summed E-state index contributed by atoms with van der Waals surface area (Å²) in [7, 11) is 0. The van der Waals surface area contributed by atoms with E-state index in [0.717, 1.165) is 13.0 Å². The molecule has 0 rings (SSSR count). The van der Waals surface area contributed by atoms with Crippen molar-refractivity contribution in [2.45, 2.75) is 110 Å². The third kappa shape index (κ3) is 35.7. The minimum Gasteiger partial charge on any atom is -0.394 e. The highest BCUT2D eigenvalue weighted by molar-refractivity contribution is 4.53. The lowest BCUT2D eigenvalue weighted by atomic mass is 10.1. The van der Waals surface area contributed by atoms with Gasteiger partial charge in [0.2, 0.25) is 0 Å². The van der Waals surface area contributed by atoms with Gasteiger partial charge in [-0.3, -0.25) is 0 Å². The van der Waals surface area contributed by atoms with E-state index in [9.17, 15) is 0 Å². The van der Waals surface area contributed by atoms with Crippen molar-refractivity contribution < 1.29 is 43.0 Å². The van der Waals surface area contributed by atoms with Crippen LogP contribution in [0.25, 0.3) is 0 Å². The number of unbranched alkanes of at least 4 members (excludes halogenated alkanes) is 11. The molecule has 0 spiro atoms. The van der Waals surface area contributed by atoms with Crippen LogP contribution in [0.3, 0.4) is 0 Å². The number of aliphatic hydroxyl groups is 1. The number of hydrogen-bond acceptors (Lipinski definition) is 9. The molecule has 2 atom stereocenters. The van der Waals surface area contributed by atoms with Gasteiger partial charge in [-0.05, 0) is 20.3 Å².